The van der Waals surface area contributed by atoms with Gasteiger partial charge in [0.25, 0.3) is 0 Å². The molecule has 1 fully saturated rings. The van der Waals surface area contributed by atoms with Crippen LogP contribution in [0.15, 0.2) is 0 Å². The lowest BCUT2D eigenvalue weighted by Crippen LogP contribution is -2.27. The molecule has 0 bridgehead atoms. The molecule has 0 spiro atoms. The van der Waals surface area contributed by atoms with Crippen molar-refractivity contribution in [3.8, 4) is 0 Å². The second-order valence-electron chi connectivity index (χ2n) is 4.57. The molecule has 1 atom stereocenters. The third kappa shape index (κ3) is 3.36. The molecule has 0 radical (unpaired) electrons. The van der Waals surface area contributed by atoms with Crippen molar-refractivity contribution in [2.45, 2.75) is 39.2 Å². The molecule has 0 saturated carbocycles. The fourth-order valence-electron chi connectivity index (χ4n) is 1.42. The van der Waals surface area contributed by atoms with Crippen molar-refractivity contribution in [3.05, 3.63) is 0 Å². The van der Waals surface area contributed by atoms with E-state index in [9.17, 15) is 9.59 Å². The van der Waals surface area contributed by atoms with Crippen molar-refractivity contribution in [1.82, 2.24) is 5.32 Å². The van der Waals surface area contributed by atoms with Gasteiger partial charge in [-0.2, -0.15) is 0 Å². The molecule has 0 unspecified atom stereocenters. The summed E-state index contributed by atoms with van der Waals surface area (Å²) in [5, 5.41) is 2.69. The lowest BCUT2D eigenvalue weighted by atomic mass is 10.0. The summed E-state index contributed by atoms with van der Waals surface area (Å²) >= 11 is 0. The van der Waals surface area contributed by atoms with Crippen LogP contribution in [0.1, 0.15) is 33.6 Å². The molecule has 0 aromatic heterocycles. The van der Waals surface area contributed by atoms with Crippen molar-refractivity contribution in [2.24, 2.45) is 5.92 Å². The number of amides is 1. The highest BCUT2D eigenvalue weighted by Gasteiger charge is 2.28. The van der Waals surface area contributed by atoms with Gasteiger partial charge in [-0.3, -0.25) is 9.59 Å². The van der Waals surface area contributed by atoms with Crippen LogP contribution in [0.4, 0.5) is 0 Å². The average Bonchev–Trinajstić information content (AvgIpc) is 2.32. The molecule has 14 heavy (non-hydrogen) atoms. The van der Waals surface area contributed by atoms with Crippen LogP contribution < -0.4 is 5.32 Å². The fourth-order valence-corrected chi connectivity index (χ4v) is 1.42. The molecule has 0 aliphatic carbocycles. The number of rotatable bonds is 2. The van der Waals surface area contributed by atoms with Crippen LogP contribution in [0.25, 0.3) is 0 Å². The summed E-state index contributed by atoms with van der Waals surface area (Å²) in [5.74, 6) is -0.514. The highest BCUT2D eigenvalue weighted by Crippen LogP contribution is 2.17. The van der Waals surface area contributed by atoms with Gasteiger partial charge in [0.2, 0.25) is 5.91 Å². The third-order valence-corrected chi connectivity index (χ3v) is 2.00. The van der Waals surface area contributed by atoms with Crippen LogP contribution in [-0.4, -0.2) is 24.0 Å². The van der Waals surface area contributed by atoms with E-state index in [0.717, 1.165) is 6.42 Å². The Balaban J connectivity index is 2.37. The van der Waals surface area contributed by atoms with Gasteiger partial charge in [0.1, 0.15) is 5.60 Å². The molecular weight excluding hydrogens is 182 g/mol. The van der Waals surface area contributed by atoms with Crippen molar-refractivity contribution >= 4 is 11.9 Å². The number of hydrogen-bond donors (Lipinski definition) is 1. The minimum atomic E-state index is -0.466. The van der Waals surface area contributed by atoms with Gasteiger partial charge in [0.15, 0.2) is 0 Å². The minimum absolute atomic E-state index is 0.0316. The topological polar surface area (TPSA) is 55.4 Å². The van der Waals surface area contributed by atoms with E-state index < -0.39 is 5.60 Å². The monoisotopic (exact) mass is 199 g/mol. The van der Waals surface area contributed by atoms with Crippen molar-refractivity contribution in [1.29, 1.82) is 0 Å². The molecular formula is C10H17NO3. The third-order valence-electron chi connectivity index (χ3n) is 2.00. The second kappa shape index (κ2) is 3.98. The number of ether oxygens (including phenoxy) is 1. The van der Waals surface area contributed by atoms with E-state index in [1.807, 2.05) is 20.8 Å². The van der Waals surface area contributed by atoms with Crippen LogP contribution >= 0.6 is 0 Å². The molecule has 4 nitrogen and oxygen atoms in total. The highest BCUT2D eigenvalue weighted by atomic mass is 16.6. The van der Waals surface area contributed by atoms with Gasteiger partial charge in [-0.1, -0.05) is 0 Å². The van der Waals surface area contributed by atoms with E-state index in [0.29, 0.717) is 6.54 Å². The summed E-state index contributed by atoms with van der Waals surface area (Å²) < 4.78 is 5.13. The van der Waals surface area contributed by atoms with Gasteiger partial charge in [-0.15, -0.1) is 0 Å². The standard InChI is InChI=1S/C10H17NO3/c1-10(2,3)14-8(12)6-7-4-5-11-9(7)13/h7H,4-6H2,1-3H3,(H,11,13)/t7-/m1/s1. The summed E-state index contributed by atoms with van der Waals surface area (Å²) in [7, 11) is 0. The molecule has 80 valence electrons. The van der Waals surface area contributed by atoms with Crippen LogP contribution in [0.2, 0.25) is 0 Å². The maximum atomic E-state index is 11.4. The van der Waals surface area contributed by atoms with Gasteiger partial charge in [0.05, 0.1) is 12.3 Å². The van der Waals surface area contributed by atoms with Gasteiger partial charge < -0.3 is 10.1 Å². The summed E-state index contributed by atoms with van der Waals surface area (Å²) in [4.78, 5) is 22.5. The lowest BCUT2D eigenvalue weighted by Gasteiger charge is -2.20. The van der Waals surface area contributed by atoms with Crippen molar-refractivity contribution in [2.75, 3.05) is 6.54 Å². The molecule has 1 saturated heterocycles. The molecule has 1 N–H and O–H groups in total. The van der Waals surface area contributed by atoms with Crippen LogP contribution in [0.3, 0.4) is 0 Å². The summed E-state index contributed by atoms with van der Waals surface area (Å²) in [5.41, 5.74) is -0.466. The van der Waals surface area contributed by atoms with Gasteiger partial charge >= 0.3 is 5.97 Å². The van der Waals surface area contributed by atoms with E-state index in [1.54, 1.807) is 0 Å². The zero-order valence-electron chi connectivity index (χ0n) is 8.92. The quantitative estimate of drug-likeness (QED) is 0.671. The highest BCUT2D eigenvalue weighted by molar-refractivity contribution is 5.85. The van der Waals surface area contributed by atoms with E-state index >= 15 is 0 Å². The van der Waals surface area contributed by atoms with E-state index in [1.165, 1.54) is 0 Å². The molecule has 1 rings (SSSR count). The zero-order chi connectivity index (χ0) is 10.8. The first-order valence-corrected chi connectivity index (χ1v) is 4.88. The Hall–Kier alpha value is -1.06. The molecule has 0 aromatic carbocycles. The predicted octanol–water partition coefficient (Wildman–Crippen LogP) is 0.854. The number of carbonyl (C=O) groups is 2. The Morgan fingerprint density at radius 2 is 2.21 bits per heavy atom. The van der Waals surface area contributed by atoms with Gasteiger partial charge in [0, 0.05) is 6.54 Å². The van der Waals surface area contributed by atoms with E-state index in [2.05, 4.69) is 5.32 Å². The Bertz CT molecular complexity index is 242. The Labute approximate surface area is 84.0 Å². The van der Waals surface area contributed by atoms with Crippen LogP contribution in [-0.2, 0) is 14.3 Å². The number of esters is 1. The molecule has 4 heteroatoms. The first kappa shape index (κ1) is 11.0. The molecule has 1 aliphatic heterocycles. The fraction of sp³-hybridized carbons (Fsp3) is 0.800. The minimum Gasteiger partial charge on any atom is -0.460 e. The molecule has 1 amide bonds. The summed E-state index contributed by atoms with van der Waals surface area (Å²) in [6.45, 7) is 6.13. The summed E-state index contributed by atoms with van der Waals surface area (Å²) in [6, 6.07) is 0. The van der Waals surface area contributed by atoms with Crippen molar-refractivity contribution in [3.63, 3.8) is 0 Å². The van der Waals surface area contributed by atoms with Crippen molar-refractivity contribution < 1.29 is 14.3 Å². The Morgan fingerprint density at radius 3 is 2.64 bits per heavy atom. The largest absolute Gasteiger partial charge is 0.460 e. The zero-order valence-corrected chi connectivity index (χ0v) is 8.92. The Morgan fingerprint density at radius 1 is 1.57 bits per heavy atom. The summed E-state index contributed by atoms with van der Waals surface area (Å²) in [6.07, 6.45) is 0.932. The maximum Gasteiger partial charge on any atom is 0.307 e. The lowest BCUT2D eigenvalue weighted by molar-refractivity contribution is -0.156. The first-order valence-electron chi connectivity index (χ1n) is 4.88. The second-order valence-corrected chi connectivity index (χ2v) is 4.57. The number of hydrogen-bond acceptors (Lipinski definition) is 3. The molecule has 1 heterocycles. The predicted molar refractivity (Wildman–Crippen MR) is 51.6 cm³/mol. The smallest absolute Gasteiger partial charge is 0.307 e. The van der Waals surface area contributed by atoms with E-state index in [4.69, 9.17) is 4.74 Å². The number of nitrogens with one attached hydrogen (secondary N) is 1. The first-order chi connectivity index (χ1) is 6.38. The van der Waals surface area contributed by atoms with Crippen LogP contribution in [0.5, 0.6) is 0 Å². The molecule has 1 aliphatic rings. The maximum absolute atomic E-state index is 11.4. The Kier molecular flexibility index (Phi) is 3.13. The average molecular weight is 199 g/mol. The van der Waals surface area contributed by atoms with Gasteiger partial charge in [-0.05, 0) is 27.2 Å². The van der Waals surface area contributed by atoms with Gasteiger partial charge in [-0.25, -0.2) is 0 Å². The molecule has 0 aromatic rings. The van der Waals surface area contributed by atoms with E-state index in [-0.39, 0.29) is 24.2 Å². The number of carbonyl (C=O) groups excluding carboxylic acids is 2. The normalized spacial score (nSPS) is 21.9. The van der Waals surface area contributed by atoms with Crippen LogP contribution in [0, 0.1) is 5.92 Å². The SMILES string of the molecule is CC(C)(C)OC(=O)C[C@H]1CCNC1=O.